The van der Waals surface area contributed by atoms with Crippen molar-refractivity contribution >= 4 is 16.6 Å². The Bertz CT molecular complexity index is 768. The summed E-state index contributed by atoms with van der Waals surface area (Å²) in [5.74, 6) is 0.112. The summed E-state index contributed by atoms with van der Waals surface area (Å²) in [7, 11) is 0. The molecule has 0 atom stereocenters. The van der Waals surface area contributed by atoms with E-state index in [1.165, 1.54) is 5.56 Å². The summed E-state index contributed by atoms with van der Waals surface area (Å²) in [6.07, 6.45) is 5.16. The number of Topliss-reactive ketones (excluding diaryl/α,β-unsaturated/α-hetero) is 1. The van der Waals surface area contributed by atoms with Crippen LogP contribution in [0.1, 0.15) is 21.5 Å². The van der Waals surface area contributed by atoms with Gasteiger partial charge >= 0.3 is 0 Å². The average Bonchev–Trinajstić information content (AvgIpc) is 2.90. The molecule has 1 heterocycles. The van der Waals surface area contributed by atoms with Gasteiger partial charge in [-0.25, -0.2) is 4.98 Å². The average molecular weight is 264 g/mol. The van der Waals surface area contributed by atoms with Gasteiger partial charge in [0.05, 0.1) is 12.9 Å². The molecule has 3 aromatic rings. The smallest absolute Gasteiger partial charge is 0.183 e. The lowest BCUT2D eigenvalue weighted by Gasteiger charge is -2.09. The second-order valence-corrected chi connectivity index (χ2v) is 5.20. The SMILES string of the molecule is Cc1ccc2c(C(=O)Cn3ccnc3)cc(C)cc2c1. The lowest BCUT2D eigenvalue weighted by Crippen LogP contribution is -2.09. The summed E-state index contributed by atoms with van der Waals surface area (Å²) in [4.78, 5) is 16.5. The Labute approximate surface area is 117 Å². The van der Waals surface area contributed by atoms with Crippen molar-refractivity contribution in [3.63, 3.8) is 0 Å². The van der Waals surface area contributed by atoms with Crippen LogP contribution in [0, 0.1) is 13.8 Å². The number of hydrogen-bond donors (Lipinski definition) is 0. The number of aryl methyl sites for hydroxylation is 2. The first-order valence-electron chi connectivity index (χ1n) is 6.63. The van der Waals surface area contributed by atoms with Gasteiger partial charge in [0.25, 0.3) is 0 Å². The molecule has 20 heavy (non-hydrogen) atoms. The monoisotopic (exact) mass is 264 g/mol. The lowest BCUT2D eigenvalue weighted by molar-refractivity contribution is 0.0973. The molecule has 0 saturated carbocycles. The van der Waals surface area contributed by atoms with Gasteiger partial charge in [-0.1, -0.05) is 29.8 Å². The van der Waals surface area contributed by atoms with Gasteiger partial charge in [-0.15, -0.1) is 0 Å². The lowest BCUT2D eigenvalue weighted by atomic mass is 9.97. The van der Waals surface area contributed by atoms with E-state index in [0.717, 1.165) is 21.9 Å². The maximum Gasteiger partial charge on any atom is 0.183 e. The second kappa shape index (κ2) is 4.93. The number of rotatable bonds is 3. The summed E-state index contributed by atoms with van der Waals surface area (Å²) in [5, 5.41) is 2.14. The minimum Gasteiger partial charge on any atom is -0.330 e. The zero-order chi connectivity index (χ0) is 14.1. The summed E-state index contributed by atoms with van der Waals surface area (Å²) >= 11 is 0. The Morgan fingerprint density at radius 2 is 1.95 bits per heavy atom. The zero-order valence-corrected chi connectivity index (χ0v) is 11.6. The van der Waals surface area contributed by atoms with Crippen LogP contribution in [-0.2, 0) is 6.54 Å². The molecule has 3 rings (SSSR count). The molecule has 1 aromatic heterocycles. The number of carbonyl (C=O) groups excluding carboxylic acids is 1. The third-order valence-electron chi connectivity index (χ3n) is 3.44. The van der Waals surface area contributed by atoms with Crippen molar-refractivity contribution in [3.8, 4) is 0 Å². The fraction of sp³-hybridized carbons (Fsp3) is 0.176. The van der Waals surface area contributed by atoms with Gasteiger partial charge in [0.2, 0.25) is 0 Å². The molecular weight excluding hydrogens is 248 g/mol. The van der Waals surface area contributed by atoms with Crippen LogP contribution in [0.3, 0.4) is 0 Å². The summed E-state index contributed by atoms with van der Waals surface area (Å²) < 4.78 is 1.80. The van der Waals surface area contributed by atoms with E-state index < -0.39 is 0 Å². The highest BCUT2D eigenvalue weighted by Gasteiger charge is 2.11. The minimum atomic E-state index is 0.112. The molecule has 0 saturated heterocycles. The fourth-order valence-corrected chi connectivity index (χ4v) is 2.50. The van der Waals surface area contributed by atoms with Crippen molar-refractivity contribution in [2.75, 3.05) is 0 Å². The highest BCUT2D eigenvalue weighted by Crippen LogP contribution is 2.23. The molecule has 0 unspecified atom stereocenters. The van der Waals surface area contributed by atoms with Crippen LogP contribution in [0.2, 0.25) is 0 Å². The number of carbonyl (C=O) groups is 1. The molecule has 0 amide bonds. The Balaban J connectivity index is 2.08. The maximum atomic E-state index is 12.5. The Hall–Kier alpha value is -2.42. The first-order chi connectivity index (χ1) is 9.63. The van der Waals surface area contributed by atoms with Crippen molar-refractivity contribution in [2.24, 2.45) is 0 Å². The van der Waals surface area contributed by atoms with E-state index in [-0.39, 0.29) is 5.78 Å². The van der Waals surface area contributed by atoms with E-state index in [1.807, 2.05) is 25.1 Å². The van der Waals surface area contributed by atoms with E-state index in [2.05, 4.69) is 24.0 Å². The first-order valence-corrected chi connectivity index (χ1v) is 6.63. The van der Waals surface area contributed by atoms with E-state index in [1.54, 1.807) is 23.3 Å². The topological polar surface area (TPSA) is 34.9 Å². The van der Waals surface area contributed by atoms with Crippen LogP contribution in [0.4, 0.5) is 0 Å². The van der Waals surface area contributed by atoms with Crippen molar-refractivity contribution in [1.82, 2.24) is 9.55 Å². The molecule has 0 N–H and O–H groups in total. The van der Waals surface area contributed by atoms with Crippen molar-refractivity contribution < 1.29 is 4.79 Å². The van der Waals surface area contributed by atoms with Gasteiger partial charge in [0.1, 0.15) is 0 Å². The van der Waals surface area contributed by atoms with E-state index >= 15 is 0 Å². The van der Waals surface area contributed by atoms with E-state index in [0.29, 0.717) is 6.54 Å². The molecule has 3 nitrogen and oxygen atoms in total. The summed E-state index contributed by atoms with van der Waals surface area (Å²) in [6.45, 7) is 4.41. The first kappa shape index (κ1) is 12.6. The minimum absolute atomic E-state index is 0.112. The summed E-state index contributed by atoms with van der Waals surface area (Å²) in [6, 6.07) is 10.3. The normalized spacial score (nSPS) is 10.9. The highest BCUT2D eigenvalue weighted by atomic mass is 16.1. The molecule has 0 aliphatic carbocycles. The number of hydrogen-bond acceptors (Lipinski definition) is 2. The summed E-state index contributed by atoms with van der Waals surface area (Å²) in [5.41, 5.74) is 3.10. The number of nitrogens with zero attached hydrogens (tertiary/aromatic N) is 2. The van der Waals surface area contributed by atoms with Gasteiger partial charge in [0, 0.05) is 18.0 Å². The van der Waals surface area contributed by atoms with Crippen molar-refractivity contribution in [3.05, 3.63) is 65.7 Å². The fourth-order valence-electron chi connectivity index (χ4n) is 2.50. The predicted octanol–water partition coefficient (Wildman–Crippen LogP) is 3.54. The van der Waals surface area contributed by atoms with Crippen molar-refractivity contribution in [1.29, 1.82) is 0 Å². The van der Waals surface area contributed by atoms with Gasteiger partial charge in [-0.3, -0.25) is 4.79 Å². The van der Waals surface area contributed by atoms with Crippen LogP contribution >= 0.6 is 0 Å². The molecule has 2 aromatic carbocycles. The number of imidazole rings is 1. The largest absolute Gasteiger partial charge is 0.330 e. The molecule has 0 aliphatic rings. The molecule has 100 valence electrons. The molecule has 0 bridgehead atoms. The van der Waals surface area contributed by atoms with Crippen LogP contribution in [0.5, 0.6) is 0 Å². The standard InChI is InChI=1S/C17H16N2O/c1-12-3-4-15-14(7-12)8-13(2)9-16(15)17(20)10-19-6-5-18-11-19/h3-9,11H,10H2,1-2H3. The number of ketones is 1. The molecule has 0 spiro atoms. The Kier molecular flexibility index (Phi) is 3.11. The van der Waals surface area contributed by atoms with Crippen LogP contribution < -0.4 is 0 Å². The molecule has 3 heteroatoms. The number of aromatic nitrogens is 2. The van der Waals surface area contributed by atoms with Crippen LogP contribution in [-0.4, -0.2) is 15.3 Å². The van der Waals surface area contributed by atoms with Gasteiger partial charge in [0.15, 0.2) is 5.78 Å². The zero-order valence-electron chi connectivity index (χ0n) is 11.6. The molecule has 0 aliphatic heterocycles. The molecular formula is C17H16N2O. The number of fused-ring (bicyclic) bond motifs is 1. The Morgan fingerprint density at radius 3 is 2.70 bits per heavy atom. The van der Waals surface area contributed by atoms with Gasteiger partial charge in [-0.05, 0) is 36.2 Å². The van der Waals surface area contributed by atoms with Gasteiger partial charge < -0.3 is 4.57 Å². The third kappa shape index (κ3) is 2.35. The maximum absolute atomic E-state index is 12.5. The third-order valence-corrected chi connectivity index (χ3v) is 3.44. The predicted molar refractivity (Wildman–Crippen MR) is 80.0 cm³/mol. The van der Waals surface area contributed by atoms with Crippen molar-refractivity contribution in [2.45, 2.75) is 20.4 Å². The highest BCUT2D eigenvalue weighted by molar-refractivity contribution is 6.08. The second-order valence-electron chi connectivity index (χ2n) is 5.20. The number of benzene rings is 2. The molecule has 0 fully saturated rings. The Morgan fingerprint density at radius 1 is 1.15 bits per heavy atom. The van der Waals surface area contributed by atoms with E-state index in [4.69, 9.17) is 0 Å². The molecule has 0 radical (unpaired) electrons. The van der Waals surface area contributed by atoms with Gasteiger partial charge in [-0.2, -0.15) is 0 Å². The van der Waals surface area contributed by atoms with Crippen LogP contribution in [0.15, 0.2) is 49.1 Å². The van der Waals surface area contributed by atoms with E-state index in [9.17, 15) is 4.79 Å². The van der Waals surface area contributed by atoms with Crippen LogP contribution in [0.25, 0.3) is 10.8 Å². The quantitative estimate of drug-likeness (QED) is 0.678.